The molecule has 0 radical (unpaired) electrons. The Labute approximate surface area is 189 Å². The molecule has 0 saturated carbocycles. The number of halogens is 1. The molecular formula is C23H18ClNO6S. The summed E-state index contributed by atoms with van der Waals surface area (Å²) in [5.74, 6) is -1.46. The van der Waals surface area contributed by atoms with Crippen molar-refractivity contribution in [3.05, 3.63) is 105 Å². The van der Waals surface area contributed by atoms with Gasteiger partial charge in [0.15, 0.2) is 21.4 Å². The number of nitrogens with zero attached hydrogens (tertiary/aromatic N) is 1. The number of hydrogen-bond donors (Lipinski definition) is 0. The minimum atomic E-state index is -4.24. The van der Waals surface area contributed by atoms with Gasteiger partial charge in [-0.15, -0.1) is 0 Å². The van der Waals surface area contributed by atoms with Gasteiger partial charge in [-0.3, -0.25) is 19.7 Å². The van der Waals surface area contributed by atoms with Gasteiger partial charge in [0.25, 0.3) is 5.69 Å². The fourth-order valence-corrected chi connectivity index (χ4v) is 4.87. The molecule has 0 heterocycles. The van der Waals surface area contributed by atoms with E-state index >= 15 is 0 Å². The second-order valence-electron chi connectivity index (χ2n) is 7.15. The average Bonchev–Trinajstić information content (AvgIpc) is 2.77. The highest BCUT2D eigenvalue weighted by Gasteiger charge is 2.36. The summed E-state index contributed by atoms with van der Waals surface area (Å²) in [5, 5.41) is 9.68. The normalized spacial score (nSPS) is 12.2. The van der Waals surface area contributed by atoms with Crippen molar-refractivity contribution in [2.45, 2.75) is 23.5 Å². The number of sulfone groups is 1. The van der Waals surface area contributed by atoms with Crippen LogP contribution < -0.4 is 0 Å². The summed E-state index contributed by atoms with van der Waals surface area (Å²) in [5.41, 5.74) is 0.559. The van der Waals surface area contributed by atoms with Gasteiger partial charge in [-0.2, -0.15) is 0 Å². The first-order chi connectivity index (χ1) is 15.1. The smallest absolute Gasteiger partial charge is 0.270 e. The maximum absolute atomic E-state index is 13.4. The van der Waals surface area contributed by atoms with Crippen molar-refractivity contribution in [3.8, 4) is 0 Å². The van der Waals surface area contributed by atoms with Gasteiger partial charge in [0.2, 0.25) is 0 Å². The van der Waals surface area contributed by atoms with Gasteiger partial charge in [0, 0.05) is 34.7 Å². The summed E-state index contributed by atoms with van der Waals surface area (Å²) in [7, 11) is -4.24. The van der Waals surface area contributed by atoms with Crippen LogP contribution in [0.2, 0.25) is 5.02 Å². The second kappa shape index (κ2) is 9.42. The Bertz CT molecular complexity index is 1280. The van der Waals surface area contributed by atoms with Crippen LogP contribution in [0.3, 0.4) is 0 Å². The van der Waals surface area contributed by atoms with Crippen molar-refractivity contribution in [2.75, 3.05) is 0 Å². The van der Waals surface area contributed by atoms with Crippen molar-refractivity contribution in [3.63, 3.8) is 0 Å². The molecule has 0 N–H and O–H groups in total. The van der Waals surface area contributed by atoms with Crippen molar-refractivity contribution in [1.82, 2.24) is 0 Å². The van der Waals surface area contributed by atoms with Crippen LogP contribution in [-0.4, -0.2) is 30.2 Å². The van der Waals surface area contributed by atoms with E-state index in [-0.39, 0.29) is 21.7 Å². The number of non-ortho nitro benzene ring substituents is 1. The first-order valence-corrected chi connectivity index (χ1v) is 11.4. The van der Waals surface area contributed by atoms with Gasteiger partial charge in [-0.05, 0) is 43.3 Å². The third-order valence-corrected chi connectivity index (χ3v) is 7.21. The Balaban J connectivity index is 2.03. The van der Waals surface area contributed by atoms with Crippen LogP contribution in [-0.2, 0) is 9.84 Å². The molecule has 0 bridgehead atoms. The van der Waals surface area contributed by atoms with Crippen molar-refractivity contribution >= 4 is 38.7 Å². The van der Waals surface area contributed by atoms with Gasteiger partial charge in [0.1, 0.15) is 5.25 Å². The molecule has 0 aliphatic heterocycles. The molecule has 3 rings (SSSR count). The van der Waals surface area contributed by atoms with Crippen LogP contribution in [0.25, 0.3) is 0 Å². The van der Waals surface area contributed by atoms with Crippen LogP contribution in [0.1, 0.15) is 32.7 Å². The fraction of sp³-hybridized carbons (Fsp3) is 0.130. The Morgan fingerprint density at radius 1 is 0.969 bits per heavy atom. The largest absolute Gasteiger partial charge is 0.294 e. The number of ketones is 2. The lowest BCUT2D eigenvalue weighted by Crippen LogP contribution is -2.33. The highest BCUT2D eigenvalue weighted by Crippen LogP contribution is 2.25. The van der Waals surface area contributed by atoms with E-state index in [0.29, 0.717) is 5.02 Å². The molecule has 32 heavy (non-hydrogen) atoms. The van der Waals surface area contributed by atoms with Crippen LogP contribution in [0.5, 0.6) is 0 Å². The third-order valence-electron chi connectivity index (χ3n) is 4.89. The van der Waals surface area contributed by atoms with E-state index in [2.05, 4.69) is 0 Å². The minimum Gasteiger partial charge on any atom is -0.294 e. The molecule has 0 saturated heterocycles. The molecule has 3 aromatic carbocycles. The molecule has 0 aromatic heterocycles. The lowest BCUT2D eigenvalue weighted by molar-refractivity contribution is -0.384. The van der Waals surface area contributed by atoms with Crippen molar-refractivity contribution < 1.29 is 22.9 Å². The van der Waals surface area contributed by atoms with Gasteiger partial charge in [-0.1, -0.05) is 41.4 Å². The zero-order valence-corrected chi connectivity index (χ0v) is 18.5. The van der Waals surface area contributed by atoms with Gasteiger partial charge in [-0.25, -0.2) is 8.42 Å². The van der Waals surface area contributed by atoms with E-state index in [1.165, 1.54) is 54.6 Å². The van der Waals surface area contributed by atoms with Crippen LogP contribution in [0, 0.1) is 17.0 Å². The number of aryl methyl sites for hydroxylation is 1. The summed E-state index contributed by atoms with van der Waals surface area (Å²) in [4.78, 5) is 36.4. The predicted octanol–water partition coefficient (Wildman–Crippen LogP) is 4.85. The van der Waals surface area contributed by atoms with E-state index in [0.717, 1.165) is 11.6 Å². The maximum atomic E-state index is 13.4. The highest BCUT2D eigenvalue weighted by atomic mass is 35.5. The van der Waals surface area contributed by atoms with Crippen LogP contribution in [0.15, 0.2) is 77.7 Å². The summed E-state index contributed by atoms with van der Waals surface area (Å²) in [6, 6.07) is 16.6. The quantitative estimate of drug-likeness (QED) is 0.263. The fourth-order valence-electron chi connectivity index (χ4n) is 3.11. The SMILES string of the molecule is Cc1ccc(S(=O)(=O)[C@H](CC(=O)c2cccc([N+](=O)[O-])c2)C(=O)c2ccc(Cl)cc2)cc1. The monoisotopic (exact) mass is 471 g/mol. The summed E-state index contributed by atoms with van der Waals surface area (Å²) < 4.78 is 26.7. The first kappa shape index (κ1) is 23.3. The molecule has 7 nitrogen and oxygen atoms in total. The van der Waals surface area contributed by atoms with Crippen LogP contribution in [0.4, 0.5) is 5.69 Å². The van der Waals surface area contributed by atoms with Crippen LogP contribution >= 0.6 is 11.6 Å². The summed E-state index contributed by atoms with van der Waals surface area (Å²) in [6.07, 6.45) is -0.668. The highest BCUT2D eigenvalue weighted by molar-refractivity contribution is 7.92. The number of benzene rings is 3. The van der Waals surface area contributed by atoms with E-state index in [4.69, 9.17) is 11.6 Å². The first-order valence-electron chi connectivity index (χ1n) is 9.47. The maximum Gasteiger partial charge on any atom is 0.270 e. The topological polar surface area (TPSA) is 111 Å². The Morgan fingerprint density at radius 3 is 2.19 bits per heavy atom. The van der Waals surface area contributed by atoms with Crippen molar-refractivity contribution in [2.24, 2.45) is 0 Å². The lowest BCUT2D eigenvalue weighted by Gasteiger charge is -2.17. The number of nitro groups is 1. The summed E-state index contributed by atoms with van der Waals surface area (Å²) in [6.45, 7) is 1.79. The summed E-state index contributed by atoms with van der Waals surface area (Å²) >= 11 is 5.86. The molecular weight excluding hydrogens is 454 g/mol. The van der Waals surface area contributed by atoms with E-state index in [1.807, 2.05) is 0 Å². The van der Waals surface area contributed by atoms with E-state index < -0.39 is 38.0 Å². The minimum absolute atomic E-state index is 0.0489. The number of nitro benzene ring substituents is 1. The standard InChI is InChI=1S/C23H18ClNO6S/c1-15-5-11-20(12-6-15)32(30,31)22(23(27)16-7-9-18(24)10-8-16)14-21(26)17-3-2-4-19(13-17)25(28)29/h2-13,22H,14H2,1H3/t22-/m1/s1. The van der Waals surface area contributed by atoms with Crippen molar-refractivity contribution in [1.29, 1.82) is 0 Å². The predicted molar refractivity (Wildman–Crippen MR) is 120 cm³/mol. The Kier molecular flexibility index (Phi) is 6.86. The molecule has 0 aliphatic rings. The van der Waals surface area contributed by atoms with E-state index in [9.17, 15) is 28.1 Å². The molecule has 0 unspecified atom stereocenters. The molecule has 9 heteroatoms. The number of hydrogen-bond acceptors (Lipinski definition) is 6. The molecule has 0 aliphatic carbocycles. The zero-order valence-electron chi connectivity index (χ0n) is 16.9. The Morgan fingerprint density at radius 2 is 1.59 bits per heavy atom. The third kappa shape index (κ3) is 5.09. The molecule has 0 fully saturated rings. The number of carbonyl (C=O) groups excluding carboxylic acids is 2. The molecule has 0 spiro atoms. The number of rotatable bonds is 8. The molecule has 3 aromatic rings. The Hall–Kier alpha value is -3.36. The second-order valence-corrected chi connectivity index (χ2v) is 9.72. The van der Waals surface area contributed by atoms with Gasteiger partial charge < -0.3 is 0 Å². The number of carbonyl (C=O) groups is 2. The molecule has 0 amide bonds. The van der Waals surface area contributed by atoms with Gasteiger partial charge >= 0.3 is 0 Å². The van der Waals surface area contributed by atoms with E-state index in [1.54, 1.807) is 19.1 Å². The zero-order chi connectivity index (χ0) is 23.5. The molecule has 1 atom stereocenters. The lowest BCUT2D eigenvalue weighted by atomic mass is 10.0. The number of Topliss-reactive ketones (excluding diaryl/α,β-unsaturated/α-hetero) is 2. The van der Waals surface area contributed by atoms with Gasteiger partial charge in [0.05, 0.1) is 9.82 Å². The average molecular weight is 472 g/mol. The molecule has 164 valence electrons.